The molecule has 9 heteroatoms. The maximum absolute atomic E-state index is 14.1. The van der Waals surface area contributed by atoms with Crippen LogP contribution in [0.3, 0.4) is 0 Å². The fraction of sp³-hybridized carbons (Fsp3) is 0.333. The number of carbonyl (C=O) groups is 2. The summed E-state index contributed by atoms with van der Waals surface area (Å²) >= 11 is 1.78. The first-order valence-electron chi connectivity index (χ1n) is 13.0. The number of hydrogen-bond donors (Lipinski definition) is 2. The maximum atomic E-state index is 14.1. The summed E-state index contributed by atoms with van der Waals surface area (Å²) in [5.74, 6) is 0.0537. The third-order valence-electron chi connectivity index (χ3n) is 5.85. The Morgan fingerprint density at radius 1 is 0.974 bits per heavy atom. The highest BCUT2D eigenvalue weighted by Crippen LogP contribution is 2.19. The number of aliphatic carboxylic acids is 1. The second-order valence-corrected chi connectivity index (χ2v) is 9.91. The molecule has 208 valence electrons. The largest absolute Gasteiger partial charge is 0.492 e. The van der Waals surface area contributed by atoms with Crippen LogP contribution in [0.5, 0.6) is 5.75 Å². The molecule has 3 rings (SSSR count). The summed E-state index contributed by atoms with van der Waals surface area (Å²) in [7, 11) is 0. The van der Waals surface area contributed by atoms with Gasteiger partial charge in [-0.25, -0.2) is 14.0 Å². The number of nitrogens with zero attached hydrogens (tertiary/aromatic N) is 1. The van der Waals surface area contributed by atoms with Gasteiger partial charge in [0.2, 0.25) is 0 Å². The lowest BCUT2D eigenvalue weighted by molar-refractivity contribution is -0.149. The van der Waals surface area contributed by atoms with Crippen LogP contribution >= 0.6 is 11.8 Å². The quantitative estimate of drug-likeness (QED) is 0.159. The Bertz CT molecular complexity index is 1160. The molecule has 0 saturated carbocycles. The van der Waals surface area contributed by atoms with E-state index in [9.17, 15) is 19.1 Å². The van der Waals surface area contributed by atoms with Crippen molar-refractivity contribution in [2.24, 2.45) is 0 Å². The molecular formula is C30H35FN2O5S. The van der Waals surface area contributed by atoms with Gasteiger partial charge >= 0.3 is 12.0 Å². The molecule has 1 atom stereocenters. The molecule has 0 radical (unpaired) electrons. The maximum Gasteiger partial charge on any atom is 0.333 e. The molecular weight excluding hydrogens is 519 g/mol. The molecule has 39 heavy (non-hydrogen) atoms. The van der Waals surface area contributed by atoms with Gasteiger partial charge in [-0.3, -0.25) is 0 Å². The Kier molecular flexibility index (Phi) is 12.6. The summed E-state index contributed by atoms with van der Waals surface area (Å²) in [6.07, 6.45) is 1.08. The first kappa shape index (κ1) is 30.0. The van der Waals surface area contributed by atoms with E-state index in [2.05, 4.69) is 17.4 Å². The van der Waals surface area contributed by atoms with E-state index in [-0.39, 0.29) is 24.7 Å². The van der Waals surface area contributed by atoms with Gasteiger partial charge in [0.25, 0.3) is 0 Å². The third kappa shape index (κ3) is 10.6. The Morgan fingerprint density at radius 2 is 1.69 bits per heavy atom. The van der Waals surface area contributed by atoms with E-state index in [0.717, 1.165) is 24.2 Å². The van der Waals surface area contributed by atoms with Crippen molar-refractivity contribution in [2.75, 3.05) is 37.4 Å². The minimum Gasteiger partial charge on any atom is -0.492 e. The van der Waals surface area contributed by atoms with E-state index in [4.69, 9.17) is 9.47 Å². The van der Waals surface area contributed by atoms with Crippen molar-refractivity contribution in [3.8, 4) is 5.75 Å². The number of benzene rings is 3. The Morgan fingerprint density at radius 3 is 2.38 bits per heavy atom. The fourth-order valence-electron chi connectivity index (χ4n) is 3.81. The molecule has 3 aromatic carbocycles. The van der Waals surface area contributed by atoms with Gasteiger partial charge in [-0.2, -0.15) is 0 Å². The minimum atomic E-state index is -0.996. The van der Waals surface area contributed by atoms with Crippen molar-refractivity contribution in [3.05, 3.63) is 90.2 Å². The number of nitrogens with one attached hydrogen (secondary N) is 1. The van der Waals surface area contributed by atoms with Gasteiger partial charge in [0.1, 0.15) is 18.2 Å². The zero-order valence-electron chi connectivity index (χ0n) is 22.1. The second-order valence-electron chi connectivity index (χ2n) is 8.74. The number of urea groups is 1. The lowest BCUT2D eigenvalue weighted by atomic mass is 10.1. The van der Waals surface area contributed by atoms with Crippen LogP contribution in [0.1, 0.15) is 25.3 Å². The van der Waals surface area contributed by atoms with Crippen LogP contribution in [-0.4, -0.2) is 60.2 Å². The van der Waals surface area contributed by atoms with Crippen LogP contribution < -0.4 is 10.1 Å². The number of carboxylic acids is 1. The summed E-state index contributed by atoms with van der Waals surface area (Å²) in [4.78, 5) is 27.1. The van der Waals surface area contributed by atoms with Crippen molar-refractivity contribution in [3.63, 3.8) is 0 Å². The van der Waals surface area contributed by atoms with E-state index in [1.807, 2.05) is 18.2 Å². The topological polar surface area (TPSA) is 88.1 Å². The van der Waals surface area contributed by atoms with Crippen LogP contribution in [0.25, 0.3) is 0 Å². The second kappa shape index (κ2) is 16.4. The van der Waals surface area contributed by atoms with Gasteiger partial charge in [-0.1, -0.05) is 42.5 Å². The number of halogens is 1. The number of rotatable bonds is 16. The molecule has 3 aromatic rings. The van der Waals surface area contributed by atoms with Gasteiger partial charge in [0.05, 0.1) is 12.2 Å². The van der Waals surface area contributed by atoms with Crippen molar-refractivity contribution < 1.29 is 28.6 Å². The fourth-order valence-corrected chi connectivity index (χ4v) is 4.75. The molecule has 1 unspecified atom stereocenters. The summed E-state index contributed by atoms with van der Waals surface area (Å²) in [5.41, 5.74) is 0.956. The summed E-state index contributed by atoms with van der Waals surface area (Å²) in [6.45, 7) is 3.16. The van der Waals surface area contributed by atoms with Gasteiger partial charge in [0.15, 0.2) is 6.10 Å². The summed E-state index contributed by atoms with van der Waals surface area (Å²) in [6, 6.07) is 23.0. The average molecular weight is 555 g/mol. The predicted molar refractivity (Wildman–Crippen MR) is 152 cm³/mol. The van der Waals surface area contributed by atoms with Crippen molar-refractivity contribution in [1.82, 2.24) is 4.90 Å². The first-order chi connectivity index (χ1) is 19.0. The molecule has 0 fully saturated rings. The van der Waals surface area contributed by atoms with Gasteiger partial charge in [0, 0.05) is 24.5 Å². The van der Waals surface area contributed by atoms with Crippen LogP contribution in [0, 0.1) is 5.82 Å². The van der Waals surface area contributed by atoms with E-state index in [1.165, 1.54) is 17.0 Å². The minimum absolute atomic E-state index is 0.135. The lowest BCUT2D eigenvalue weighted by Crippen LogP contribution is -2.38. The summed E-state index contributed by atoms with van der Waals surface area (Å²) < 4.78 is 25.2. The molecule has 0 bridgehead atoms. The van der Waals surface area contributed by atoms with Crippen LogP contribution in [0.15, 0.2) is 83.8 Å². The van der Waals surface area contributed by atoms with Gasteiger partial charge in [-0.15, -0.1) is 11.8 Å². The molecule has 0 aliphatic heterocycles. The van der Waals surface area contributed by atoms with Crippen molar-refractivity contribution in [2.45, 2.75) is 37.2 Å². The number of unbranched alkanes of at least 4 members (excludes halogenated alkanes) is 1. The van der Waals surface area contributed by atoms with Crippen molar-refractivity contribution >= 4 is 29.4 Å². The molecule has 2 amide bonds. The zero-order chi connectivity index (χ0) is 27.9. The van der Waals surface area contributed by atoms with E-state index in [0.29, 0.717) is 25.4 Å². The Labute approximate surface area is 233 Å². The first-order valence-corrected chi connectivity index (χ1v) is 14.0. The van der Waals surface area contributed by atoms with Crippen LogP contribution in [0.4, 0.5) is 14.9 Å². The monoisotopic (exact) mass is 554 g/mol. The SMILES string of the molecule is CCOC(Cc1ccc(OCCN(CCCCSc2ccccc2)C(=O)Nc2ccccc2F)cc1)C(=O)O. The van der Waals surface area contributed by atoms with E-state index >= 15 is 0 Å². The molecule has 0 aromatic heterocycles. The number of anilines is 1. The normalized spacial score (nSPS) is 11.5. The van der Waals surface area contributed by atoms with Gasteiger partial charge < -0.3 is 24.8 Å². The average Bonchev–Trinajstić information content (AvgIpc) is 2.94. The van der Waals surface area contributed by atoms with E-state index < -0.39 is 17.9 Å². The smallest absolute Gasteiger partial charge is 0.333 e. The van der Waals surface area contributed by atoms with Crippen molar-refractivity contribution in [1.29, 1.82) is 0 Å². The zero-order valence-corrected chi connectivity index (χ0v) is 22.9. The number of thioether (sulfide) groups is 1. The molecule has 0 heterocycles. The predicted octanol–water partition coefficient (Wildman–Crippen LogP) is 6.34. The number of carboxylic acid groups (broad SMARTS) is 1. The lowest BCUT2D eigenvalue weighted by Gasteiger charge is -2.23. The highest BCUT2D eigenvalue weighted by atomic mass is 32.2. The number of para-hydroxylation sites is 1. The third-order valence-corrected chi connectivity index (χ3v) is 6.95. The molecule has 0 saturated heterocycles. The van der Waals surface area contributed by atoms with Gasteiger partial charge in [-0.05, 0) is 67.5 Å². The Balaban J connectivity index is 1.51. The molecule has 0 aliphatic carbocycles. The van der Waals surface area contributed by atoms with Crippen LogP contribution in [0.2, 0.25) is 0 Å². The molecule has 7 nitrogen and oxygen atoms in total. The summed E-state index contributed by atoms with van der Waals surface area (Å²) in [5, 5.41) is 11.9. The molecule has 0 spiro atoms. The highest BCUT2D eigenvalue weighted by Gasteiger charge is 2.18. The number of ether oxygens (including phenoxy) is 2. The van der Waals surface area contributed by atoms with E-state index in [1.54, 1.807) is 60.0 Å². The number of carbonyl (C=O) groups excluding carboxylic acids is 1. The highest BCUT2D eigenvalue weighted by molar-refractivity contribution is 7.99. The standard InChI is InChI=1S/C30H35FN2O5S/c1-2-37-28(29(34)35)22-23-14-16-24(17-15-23)38-20-19-33(30(36)32-27-13-7-6-12-26(27)31)18-8-9-21-39-25-10-4-3-5-11-25/h3-7,10-17,28H,2,8-9,18-22H2,1H3,(H,32,36)(H,34,35). The Hall–Kier alpha value is -3.56. The molecule has 0 aliphatic rings. The molecule has 2 N–H and O–H groups in total. The number of amides is 2. The van der Waals surface area contributed by atoms with Crippen LogP contribution in [-0.2, 0) is 16.0 Å². The number of hydrogen-bond acceptors (Lipinski definition) is 5.